The van der Waals surface area contributed by atoms with E-state index in [0.29, 0.717) is 0 Å². The molecule has 0 spiro atoms. The van der Waals surface area contributed by atoms with Gasteiger partial charge in [-0.15, -0.1) is 0 Å². The number of anilines is 3. The maximum Gasteiger partial charge on any atom is 0.136 e. The first kappa shape index (κ1) is 32.8. The molecule has 9 aromatic carbocycles. The molecule has 0 radical (unpaired) electrons. The number of para-hydroxylation sites is 4. The summed E-state index contributed by atoms with van der Waals surface area (Å²) in [5.74, 6) is 0. The maximum atomic E-state index is 6.30. The summed E-state index contributed by atoms with van der Waals surface area (Å²) in [5, 5.41) is 4.78. The molecule has 0 aliphatic rings. The van der Waals surface area contributed by atoms with E-state index in [9.17, 15) is 0 Å². The van der Waals surface area contributed by atoms with E-state index in [1.54, 1.807) is 0 Å². The summed E-state index contributed by atoms with van der Waals surface area (Å²) >= 11 is 0. The molecular weight excluding hydrogens is 693 g/mol. The molecule has 0 aliphatic carbocycles. The third kappa shape index (κ3) is 5.68. The molecule has 0 saturated carbocycles. The average Bonchev–Trinajstić information content (AvgIpc) is 3.83. The van der Waals surface area contributed by atoms with Crippen LogP contribution in [0.2, 0.25) is 0 Å². The van der Waals surface area contributed by atoms with Crippen LogP contribution >= 0.6 is 0 Å². The van der Waals surface area contributed by atoms with Gasteiger partial charge in [0.1, 0.15) is 11.2 Å². The first-order chi connectivity index (χ1) is 28.3. The van der Waals surface area contributed by atoms with E-state index in [1.807, 2.05) is 12.1 Å². The van der Waals surface area contributed by atoms with Crippen molar-refractivity contribution in [2.75, 3.05) is 4.90 Å². The van der Waals surface area contributed by atoms with Gasteiger partial charge in [-0.05, 0) is 101 Å². The lowest BCUT2D eigenvalue weighted by molar-refractivity contribution is 0.669. The van der Waals surface area contributed by atoms with Gasteiger partial charge in [0, 0.05) is 44.2 Å². The van der Waals surface area contributed by atoms with Crippen LogP contribution in [0.5, 0.6) is 0 Å². The zero-order valence-corrected chi connectivity index (χ0v) is 31.1. The molecule has 0 N–H and O–H groups in total. The molecule has 0 unspecified atom stereocenters. The molecular formula is C54H36N2O. The van der Waals surface area contributed by atoms with E-state index in [1.165, 1.54) is 38.5 Å². The van der Waals surface area contributed by atoms with Crippen molar-refractivity contribution < 1.29 is 4.42 Å². The van der Waals surface area contributed by atoms with Gasteiger partial charge in [-0.25, -0.2) is 0 Å². The van der Waals surface area contributed by atoms with Gasteiger partial charge in [-0.3, -0.25) is 0 Å². The third-order valence-electron chi connectivity index (χ3n) is 11.2. The van der Waals surface area contributed by atoms with Crippen molar-refractivity contribution in [3.05, 3.63) is 218 Å². The van der Waals surface area contributed by atoms with Gasteiger partial charge in [0.25, 0.3) is 0 Å². The molecule has 0 atom stereocenters. The molecule has 0 aliphatic heterocycles. The second kappa shape index (κ2) is 13.6. The Kier molecular flexibility index (Phi) is 7.82. The van der Waals surface area contributed by atoms with Crippen molar-refractivity contribution in [2.45, 2.75) is 0 Å². The van der Waals surface area contributed by atoms with Crippen LogP contribution in [0.1, 0.15) is 0 Å². The molecule has 3 heteroatoms. The lowest BCUT2D eigenvalue weighted by Gasteiger charge is -2.27. The Morgan fingerprint density at radius 3 is 1.56 bits per heavy atom. The Balaban J connectivity index is 1.03. The average molecular weight is 729 g/mol. The van der Waals surface area contributed by atoms with Crippen LogP contribution in [-0.4, -0.2) is 4.57 Å². The highest BCUT2D eigenvalue weighted by atomic mass is 16.3. The Hall–Kier alpha value is -7.62. The highest BCUT2D eigenvalue weighted by molar-refractivity contribution is 6.10. The van der Waals surface area contributed by atoms with Crippen LogP contribution in [0.25, 0.3) is 82.8 Å². The van der Waals surface area contributed by atoms with Gasteiger partial charge in [0.05, 0.1) is 16.7 Å². The van der Waals surface area contributed by atoms with Gasteiger partial charge >= 0.3 is 0 Å². The zero-order valence-electron chi connectivity index (χ0n) is 31.1. The topological polar surface area (TPSA) is 21.3 Å². The third-order valence-corrected chi connectivity index (χ3v) is 11.2. The van der Waals surface area contributed by atoms with Gasteiger partial charge in [-0.2, -0.15) is 0 Å². The molecule has 0 saturated heterocycles. The standard InChI is InChI=1S/C54H36N2O/c1-2-14-37(15-3-1)39-16-12-18-43(34-39)55(44-19-13-17-40(35-44)41-30-33-49-48-23-7-11-27-53(48)57-54(49)36-41)42-31-28-38(29-32-42)45-20-4-8-24-50(45)56-51-25-9-5-21-46(51)47-22-6-10-26-52(47)56/h1-36H. The van der Waals surface area contributed by atoms with Crippen molar-refractivity contribution in [3.8, 4) is 39.1 Å². The Labute approximate surface area is 330 Å². The number of benzene rings is 9. The van der Waals surface area contributed by atoms with Crippen LogP contribution in [-0.2, 0) is 0 Å². The van der Waals surface area contributed by atoms with E-state index in [0.717, 1.165) is 61.4 Å². The van der Waals surface area contributed by atoms with Gasteiger partial charge < -0.3 is 13.9 Å². The number of nitrogens with zero attached hydrogens (tertiary/aromatic N) is 2. The molecule has 0 bridgehead atoms. The molecule has 2 aromatic heterocycles. The number of fused-ring (bicyclic) bond motifs is 6. The van der Waals surface area contributed by atoms with Crippen molar-refractivity contribution >= 4 is 60.8 Å². The molecule has 11 aromatic rings. The minimum absolute atomic E-state index is 0.892. The monoisotopic (exact) mass is 728 g/mol. The lowest BCUT2D eigenvalue weighted by atomic mass is 10.0. The Bertz CT molecular complexity index is 3190. The number of rotatable bonds is 7. The van der Waals surface area contributed by atoms with Gasteiger partial charge in [-0.1, -0.05) is 146 Å². The summed E-state index contributed by atoms with van der Waals surface area (Å²) in [7, 11) is 0. The van der Waals surface area contributed by atoms with E-state index in [2.05, 4.69) is 216 Å². The molecule has 57 heavy (non-hydrogen) atoms. The quantitative estimate of drug-likeness (QED) is 0.163. The summed E-state index contributed by atoms with van der Waals surface area (Å²) in [4.78, 5) is 2.36. The normalized spacial score (nSPS) is 11.5. The second-order valence-corrected chi connectivity index (χ2v) is 14.5. The van der Waals surface area contributed by atoms with Crippen molar-refractivity contribution in [3.63, 3.8) is 0 Å². The summed E-state index contributed by atoms with van der Waals surface area (Å²) in [6, 6.07) is 78.2. The predicted molar refractivity (Wildman–Crippen MR) is 239 cm³/mol. The highest BCUT2D eigenvalue weighted by Gasteiger charge is 2.18. The van der Waals surface area contributed by atoms with Crippen LogP contribution in [0, 0.1) is 0 Å². The summed E-state index contributed by atoms with van der Waals surface area (Å²) in [6.07, 6.45) is 0. The van der Waals surface area contributed by atoms with Crippen molar-refractivity contribution in [2.24, 2.45) is 0 Å². The first-order valence-corrected chi connectivity index (χ1v) is 19.4. The van der Waals surface area contributed by atoms with Gasteiger partial charge in [0.2, 0.25) is 0 Å². The van der Waals surface area contributed by atoms with Crippen LogP contribution in [0.4, 0.5) is 17.1 Å². The fourth-order valence-corrected chi connectivity index (χ4v) is 8.52. The molecule has 268 valence electrons. The fraction of sp³-hybridized carbons (Fsp3) is 0. The highest BCUT2D eigenvalue weighted by Crippen LogP contribution is 2.41. The maximum absolute atomic E-state index is 6.30. The van der Waals surface area contributed by atoms with Crippen LogP contribution < -0.4 is 4.90 Å². The number of hydrogen-bond acceptors (Lipinski definition) is 2. The largest absolute Gasteiger partial charge is 0.456 e. The van der Waals surface area contributed by atoms with Crippen molar-refractivity contribution in [1.29, 1.82) is 0 Å². The summed E-state index contributed by atoms with van der Waals surface area (Å²) < 4.78 is 8.70. The minimum atomic E-state index is 0.892. The molecule has 3 nitrogen and oxygen atoms in total. The SMILES string of the molecule is c1ccc(-c2cccc(N(c3ccc(-c4ccccc4-n4c5ccccc5c5ccccc54)cc3)c3cccc(-c4ccc5c(c4)oc4ccccc45)c3)c2)cc1. The summed E-state index contributed by atoms with van der Waals surface area (Å²) in [6.45, 7) is 0. The summed E-state index contributed by atoms with van der Waals surface area (Å²) in [5.41, 5.74) is 15.5. The lowest BCUT2D eigenvalue weighted by Crippen LogP contribution is -2.10. The van der Waals surface area contributed by atoms with Crippen molar-refractivity contribution in [1.82, 2.24) is 4.57 Å². The first-order valence-electron chi connectivity index (χ1n) is 19.4. The fourth-order valence-electron chi connectivity index (χ4n) is 8.52. The molecule has 0 fully saturated rings. The van der Waals surface area contributed by atoms with Crippen LogP contribution in [0.3, 0.4) is 0 Å². The predicted octanol–water partition coefficient (Wildman–Crippen LogP) is 15.2. The Morgan fingerprint density at radius 1 is 0.316 bits per heavy atom. The smallest absolute Gasteiger partial charge is 0.136 e. The second-order valence-electron chi connectivity index (χ2n) is 14.5. The van der Waals surface area contributed by atoms with Crippen LogP contribution in [0.15, 0.2) is 223 Å². The van der Waals surface area contributed by atoms with E-state index in [-0.39, 0.29) is 0 Å². The van der Waals surface area contributed by atoms with E-state index < -0.39 is 0 Å². The minimum Gasteiger partial charge on any atom is -0.456 e. The van der Waals surface area contributed by atoms with Gasteiger partial charge in [0.15, 0.2) is 0 Å². The van der Waals surface area contributed by atoms with E-state index in [4.69, 9.17) is 4.42 Å². The van der Waals surface area contributed by atoms with E-state index >= 15 is 0 Å². The Morgan fingerprint density at radius 2 is 0.842 bits per heavy atom. The number of hydrogen-bond donors (Lipinski definition) is 0. The zero-order chi connectivity index (χ0) is 37.7. The molecule has 0 amide bonds. The molecule has 2 heterocycles. The number of aromatic nitrogens is 1. The molecule has 11 rings (SSSR count). The number of furan rings is 1.